The van der Waals surface area contributed by atoms with Crippen LogP contribution in [0.1, 0.15) is 58.8 Å². The lowest BCUT2D eigenvalue weighted by molar-refractivity contribution is -0.0756. The molecule has 14 heavy (non-hydrogen) atoms. The fourth-order valence-corrected chi connectivity index (χ4v) is 3.28. The summed E-state index contributed by atoms with van der Waals surface area (Å²) in [5.41, 5.74) is -0.298. The summed E-state index contributed by atoms with van der Waals surface area (Å²) in [7, 11) is 0. The van der Waals surface area contributed by atoms with Gasteiger partial charge in [-0.25, -0.2) is 0 Å². The molecule has 0 bridgehead atoms. The summed E-state index contributed by atoms with van der Waals surface area (Å²) in [5, 5.41) is 10.7. The van der Waals surface area contributed by atoms with Crippen LogP contribution in [0.2, 0.25) is 0 Å². The van der Waals surface area contributed by atoms with Crippen molar-refractivity contribution in [2.75, 3.05) is 0 Å². The van der Waals surface area contributed by atoms with Crippen molar-refractivity contribution in [3.05, 3.63) is 0 Å². The summed E-state index contributed by atoms with van der Waals surface area (Å²) in [6, 6.07) is 0. The van der Waals surface area contributed by atoms with E-state index in [1.165, 1.54) is 32.1 Å². The van der Waals surface area contributed by atoms with Crippen LogP contribution in [-0.2, 0) is 0 Å². The molecule has 0 aromatic heterocycles. The highest BCUT2D eigenvalue weighted by molar-refractivity contribution is 4.95. The molecule has 0 radical (unpaired) electrons. The largest absolute Gasteiger partial charge is 0.390 e. The summed E-state index contributed by atoms with van der Waals surface area (Å²) < 4.78 is 0. The van der Waals surface area contributed by atoms with Gasteiger partial charge in [0, 0.05) is 0 Å². The number of hydrogen-bond donors (Lipinski definition) is 1. The topological polar surface area (TPSA) is 20.2 Å². The van der Waals surface area contributed by atoms with E-state index in [1.54, 1.807) is 0 Å². The fraction of sp³-hybridized carbons (Fsp3) is 1.00. The monoisotopic (exact) mass is 196 g/mol. The highest BCUT2D eigenvalue weighted by atomic mass is 16.3. The first-order valence-corrected chi connectivity index (χ1v) is 6.34. The van der Waals surface area contributed by atoms with Crippen LogP contribution in [0.5, 0.6) is 0 Å². The molecule has 2 fully saturated rings. The van der Waals surface area contributed by atoms with Gasteiger partial charge in [-0.15, -0.1) is 0 Å². The zero-order chi connectivity index (χ0) is 10.2. The van der Waals surface area contributed by atoms with Gasteiger partial charge in [0.05, 0.1) is 5.60 Å². The maximum atomic E-state index is 10.7. The maximum absolute atomic E-state index is 10.7. The van der Waals surface area contributed by atoms with Gasteiger partial charge < -0.3 is 5.11 Å². The predicted molar refractivity (Wildman–Crippen MR) is 59.1 cm³/mol. The van der Waals surface area contributed by atoms with Gasteiger partial charge in [-0.3, -0.25) is 0 Å². The van der Waals surface area contributed by atoms with Crippen molar-refractivity contribution in [3.8, 4) is 0 Å². The van der Waals surface area contributed by atoms with Crippen molar-refractivity contribution in [1.29, 1.82) is 0 Å². The minimum absolute atomic E-state index is 0.298. The van der Waals surface area contributed by atoms with Crippen molar-refractivity contribution < 1.29 is 5.11 Å². The Morgan fingerprint density at radius 3 is 2.50 bits per heavy atom. The van der Waals surface area contributed by atoms with Crippen molar-refractivity contribution in [1.82, 2.24) is 0 Å². The van der Waals surface area contributed by atoms with Gasteiger partial charge >= 0.3 is 0 Å². The van der Waals surface area contributed by atoms with E-state index in [9.17, 15) is 5.11 Å². The molecule has 2 unspecified atom stereocenters. The van der Waals surface area contributed by atoms with Gasteiger partial charge in [-0.1, -0.05) is 39.5 Å². The van der Waals surface area contributed by atoms with E-state index in [1.807, 2.05) is 0 Å². The third-order valence-corrected chi connectivity index (χ3v) is 4.21. The first-order valence-electron chi connectivity index (χ1n) is 6.34. The van der Waals surface area contributed by atoms with Crippen LogP contribution in [0.3, 0.4) is 0 Å². The highest BCUT2D eigenvalue weighted by Gasteiger charge is 2.43. The molecule has 2 rings (SSSR count). The molecular weight excluding hydrogens is 172 g/mol. The number of aliphatic hydroxyl groups is 1. The van der Waals surface area contributed by atoms with Gasteiger partial charge in [0.25, 0.3) is 0 Å². The fourth-order valence-electron chi connectivity index (χ4n) is 3.28. The van der Waals surface area contributed by atoms with E-state index in [-0.39, 0.29) is 5.60 Å². The molecule has 82 valence electrons. The molecule has 2 saturated carbocycles. The van der Waals surface area contributed by atoms with Crippen LogP contribution < -0.4 is 0 Å². The van der Waals surface area contributed by atoms with Gasteiger partial charge in [0.1, 0.15) is 0 Å². The normalized spacial score (nSPS) is 39.0. The summed E-state index contributed by atoms with van der Waals surface area (Å²) in [6.07, 6.45) is 8.71. The van der Waals surface area contributed by atoms with Crippen LogP contribution in [0.4, 0.5) is 0 Å². The Balaban J connectivity index is 2.02. The Hall–Kier alpha value is -0.0400. The smallest absolute Gasteiger partial charge is 0.0680 e. The van der Waals surface area contributed by atoms with Crippen molar-refractivity contribution >= 4 is 0 Å². The van der Waals surface area contributed by atoms with E-state index in [0.29, 0.717) is 11.8 Å². The third-order valence-electron chi connectivity index (χ3n) is 4.21. The Morgan fingerprint density at radius 1 is 1.21 bits per heavy atom. The Kier molecular flexibility index (Phi) is 2.88. The maximum Gasteiger partial charge on any atom is 0.0680 e. The lowest BCUT2D eigenvalue weighted by Crippen LogP contribution is -2.43. The van der Waals surface area contributed by atoms with E-state index < -0.39 is 0 Å². The average molecular weight is 196 g/mol. The van der Waals surface area contributed by atoms with Crippen molar-refractivity contribution in [2.24, 2.45) is 17.8 Å². The second-order valence-electron chi connectivity index (χ2n) is 5.85. The molecule has 1 N–H and O–H groups in total. The summed E-state index contributed by atoms with van der Waals surface area (Å²) in [6.45, 7) is 4.54. The second-order valence-corrected chi connectivity index (χ2v) is 5.85. The minimum Gasteiger partial charge on any atom is -0.390 e. The quantitative estimate of drug-likeness (QED) is 0.734. The van der Waals surface area contributed by atoms with E-state index in [4.69, 9.17) is 0 Å². The molecule has 2 aliphatic carbocycles. The molecular formula is C13H24O. The molecule has 0 amide bonds. The van der Waals surface area contributed by atoms with Gasteiger partial charge in [0.2, 0.25) is 0 Å². The molecule has 0 spiro atoms. The molecule has 1 nitrogen and oxygen atoms in total. The van der Waals surface area contributed by atoms with Crippen LogP contribution in [0.25, 0.3) is 0 Å². The van der Waals surface area contributed by atoms with Crippen LogP contribution in [-0.4, -0.2) is 10.7 Å². The summed E-state index contributed by atoms with van der Waals surface area (Å²) in [4.78, 5) is 0. The van der Waals surface area contributed by atoms with Crippen molar-refractivity contribution in [3.63, 3.8) is 0 Å². The number of hydrogen-bond acceptors (Lipinski definition) is 1. The van der Waals surface area contributed by atoms with E-state index in [0.717, 1.165) is 18.8 Å². The van der Waals surface area contributed by atoms with Crippen LogP contribution in [0.15, 0.2) is 0 Å². The standard InChI is InChI=1S/C13H24O/c1-10(2)12-5-3-4-8-13(12,14)9-11-6-7-11/h10-12,14H,3-9H2,1-2H3. The highest BCUT2D eigenvalue weighted by Crippen LogP contribution is 2.46. The SMILES string of the molecule is CC(C)C1CCCCC1(O)CC1CC1. The van der Waals surface area contributed by atoms with E-state index >= 15 is 0 Å². The lowest BCUT2D eigenvalue weighted by Gasteiger charge is -2.42. The van der Waals surface area contributed by atoms with Crippen molar-refractivity contribution in [2.45, 2.75) is 64.4 Å². The Labute approximate surface area is 87.9 Å². The Bertz CT molecular complexity index is 195. The zero-order valence-corrected chi connectivity index (χ0v) is 9.63. The molecule has 0 aromatic rings. The minimum atomic E-state index is -0.298. The lowest BCUT2D eigenvalue weighted by atomic mass is 9.68. The molecule has 2 aliphatic rings. The van der Waals surface area contributed by atoms with Crippen LogP contribution in [0, 0.1) is 17.8 Å². The zero-order valence-electron chi connectivity index (χ0n) is 9.63. The first-order chi connectivity index (χ1) is 6.62. The third kappa shape index (κ3) is 2.13. The molecule has 2 atom stereocenters. The molecule has 0 saturated heterocycles. The Morgan fingerprint density at radius 2 is 1.93 bits per heavy atom. The number of rotatable bonds is 3. The average Bonchev–Trinajstić information content (AvgIpc) is 2.87. The summed E-state index contributed by atoms with van der Waals surface area (Å²) in [5.74, 6) is 2.08. The molecule has 1 heteroatoms. The van der Waals surface area contributed by atoms with E-state index in [2.05, 4.69) is 13.8 Å². The molecule has 0 aromatic carbocycles. The van der Waals surface area contributed by atoms with Crippen LogP contribution >= 0.6 is 0 Å². The van der Waals surface area contributed by atoms with Gasteiger partial charge in [-0.2, -0.15) is 0 Å². The summed E-state index contributed by atoms with van der Waals surface area (Å²) >= 11 is 0. The molecule has 0 heterocycles. The van der Waals surface area contributed by atoms with Gasteiger partial charge in [0.15, 0.2) is 0 Å². The second kappa shape index (κ2) is 3.84. The first kappa shape index (κ1) is 10.5. The molecule has 0 aliphatic heterocycles. The van der Waals surface area contributed by atoms with Gasteiger partial charge in [-0.05, 0) is 37.0 Å². The predicted octanol–water partition coefficient (Wildman–Crippen LogP) is 3.36.